The van der Waals surface area contributed by atoms with Gasteiger partial charge in [0.05, 0.1) is 13.7 Å². The van der Waals surface area contributed by atoms with Crippen LogP contribution in [0.3, 0.4) is 0 Å². The highest BCUT2D eigenvalue weighted by atomic mass is 16.5. The van der Waals surface area contributed by atoms with Crippen molar-refractivity contribution in [2.75, 3.05) is 13.7 Å². The van der Waals surface area contributed by atoms with Gasteiger partial charge in [0, 0.05) is 11.1 Å². The maximum atomic E-state index is 5.80. The van der Waals surface area contributed by atoms with Crippen LogP contribution in [0.5, 0.6) is 11.5 Å². The van der Waals surface area contributed by atoms with Crippen LogP contribution in [0, 0.1) is 0 Å². The molecule has 0 atom stereocenters. The zero-order valence-corrected chi connectivity index (χ0v) is 18.3. The average molecular weight is 434 g/mol. The molecule has 32 heavy (non-hydrogen) atoms. The highest BCUT2D eigenvalue weighted by molar-refractivity contribution is 5.57. The van der Waals surface area contributed by atoms with Gasteiger partial charge in [-0.15, -0.1) is 20.4 Å². The standard InChI is InChI=1S/C24H26N4O4/c1-3-4-5-6-7-16-30-20-14-10-18(11-15-20)22-26-28-24(32-22)23-27-25-21(31-23)17-8-12-19(29-2)13-9-17/h8-15H,3-7,16H2,1-2H3. The normalized spacial score (nSPS) is 10.9. The van der Waals surface area contributed by atoms with E-state index in [1.54, 1.807) is 7.11 Å². The number of nitrogens with zero attached hydrogens (tertiary/aromatic N) is 4. The molecular formula is C24H26N4O4. The summed E-state index contributed by atoms with van der Waals surface area (Å²) in [5.41, 5.74) is 1.55. The molecule has 0 saturated heterocycles. The van der Waals surface area contributed by atoms with Gasteiger partial charge in [-0.2, -0.15) is 0 Å². The van der Waals surface area contributed by atoms with Gasteiger partial charge in [0.25, 0.3) is 0 Å². The van der Waals surface area contributed by atoms with E-state index in [0.29, 0.717) is 11.8 Å². The van der Waals surface area contributed by atoms with Crippen LogP contribution in [0.1, 0.15) is 39.0 Å². The van der Waals surface area contributed by atoms with Crippen LogP contribution >= 0.6 is 0 Å². The first-order valence-corrected chi connectivity index (χ1v) is 10.8. The third-order valence-electron chi connectivity index (χ3n) is 4.99. The summed E-state index contributed by atoms with van der Waals surface area (Å²) in [6.07, 6.45) is 6.06. The first-order valence-electron chi connectivity index (χ1n) is 10.8. The topological polar surface area (TPSA) is 96.3 Å². The molecule has 0 bridgehead atoms. The Bertz CT molecular complexity index is 1100. The van der Waals surface area contributed by atoms with Crippen LogP contribution in [0.25, 0.3) is 34.7 Å². The van der Waals surface area contributed by atoms with Gasteiger partial charge < -0.3 is 18.3 Å². The first kappa shape index (κ1) is 21.5. The molecule has 4 aromatic rings. The summed E-state index contributed by atoms with van der Waals surface area (Å²) in [5, 5.41) is 16.2. The van der Waals surface area contributed by atoms with Crippen LogP contribution in [0.4, 0.5) is 0 Å². The van der Waals surface area contributed by atoms with E-state index < -0.39 is 0 Å². The average Bonchev–Trinajstić information content (AvgIpc) is 3.52. The van der Waals surface area contributed by atoms with Gasteiger partial charge in [-0.05, 0) is 55.0 Å². The SMILES string of the molecule is CCCCCCCOc1ccc(-c2nnc(-c3nnc(-c4ccc(OC)cc4)o3)o2)cc1. The van der Waals surface area contributed by atoms with Crippen molar-refractivity contribution in [3.05, 3.63) is 48.5 Å². The molecule has 4 rings (SSSR count). The predicted molar refractivity (Wildman–Crippen MR) is 119 cm³/mol. The summed E-state index contributed by atoms with van der Waals surface area (Å²) in [6.45, 7) is 2.94. The Balaban J connectivity index is 1.37. The molecule has 0 unspecified atom stereocenters. The molecule has 0 N–H and O–H groups in total. The molecule has 0 saturated carbocycles. The van der Waals surface area contributed by atoms with Crippen molar-refractivity contribution < 1.29 is 18.3 Å². The maximum absolute atomic E-state index is 5.80. The fraction of sp³-hybridized carbons (Fsp3) is 0.333. The zero-order valence-electron chi connectivity index (χ0n) is 18.3. The Labute approximate surface area is 186 Å². The highest BCUT2D eigenvalue weighted by Crippen LogP contribution is 2.27. The molecule has 8 nitrogen and oxygen atoms in total. The minimum absolute atomic E-state index is 0.164. The lowest BCUT2D eigenvalue weighted by atomic mass is 10.2. The largest absolute Gasteiger partial charge is 0.497 e. The smallest absolute Gasteiger partial charge is 0.306 e. The third kappa shape index (κ3) is 5.32. The van der Waals surface area contributed by atoms with E-state index in [2.05, 4.69) is 27.3 Å². The van der Waals surface area contributed by atoms with Gasteiger partial charge in [-0.25, -0.2) is 0 Å². The number of unbranched alkanes of at least 4 members (excludes halogenated alkanes) is 4. The number of benzene rings is 2. The predicted octanol–water partition coefficient (Wildman–Crippen LogP) is 5.81. The summed E-state index contributed by atoms with van der Waals surface area (Å²) in [6, 6.07) is 14.9. The van der Waals surface area contributed by atoms with Gasteiger partial charge in [0.1, 0.15) is 11.5 Å². The number of rotatable bonds is 11. The molecule has 8 heteroatoms. The van der Waals surface area contributed by atoms with Crippen molar-refractivity contribution in [1.82, 2.24) is 20.4 Å². The number of aromatic nitrogens is 4. The maximum Gasteiger partial charge on any atom is 0.306 e. The number of methoxy groups -OCH3 is 1. The Hall–Kier alpha value is -3.68. The minimum atomic E-state index is 0.164. The van der Waals surface area contributed by atoms with Crippen molar-refractivity contribution in [3.8, 4) is 46.2 Å². The fourth-order valence-electron chi connectivity index (χ4n) is 3.18. The molecule has 0 amide bonds. The van der Waals surface area contributed by atoms with Crippen LogP contribution < -0.4 is 9.47 Å². The Morgan fingerprint density at radius 2 is 1.12 bits per heavy atom. The van der Waals surface area contributed by atoms with E-state index in [1.165, 1.54) is 25.7 Å². The molecule has 0 radical (unpaired) electrons. The summed E-state index contributed by atoms with van der Waals surface area (Å²) in [7, 11) is 1.61. The van der Waals surface area contributed by atoms with Gasteiger partial charge in [-0.1, -0.05) is 32.6 Å². The molecule has 166 valence electrons. The second-order valence-electron chi connectivity index (χ2n) is 7.34. The van der Waals surface area contributed by atoms with Gasteiger partial charge in [0.2, 0.25) is 11.8 Å². The number of hydrogen-bond donors (Lipinski definition) is 0. The van der Waals surface area contributed by atoms with Crippen LogP contribution in [-0.2, 0) is 0 Å². The first-order chi connectivity index (χ1) is 15.8. The van der Waals surface area contributed by atoms with Crippen LogP contribution in [0.15, 0.2) is 57.4 Å². The second-order valence-corrected chi connectivity index (χ2v) is 7.34. The zero-order chi connectivity index (χ0) is 22.2. The van der Waals surface area contributed by atoms with Gasteiger partial charge >= 0.3 is 11.8 Å². The van der Waals surface area contributed by atoms with Crippen LogP contribution in [-0.4, -0.2) is 34.1 Å². The molecule has 2 aromatic carbocycles. The lowest BCUT2D eigenvalue weighted by Crippen LogP contribution is -1.97. The van der Waals surface area contributed by atoms with E-state index in [-0.39, 0.29) is 11.8 Å². The number of ether oxygens (including phenoxy) is 2. The summed E-state index contributed by atoms with van der Waals surface area (Å²) >= 11 is 0. The summed E-state index contributed by atoms with van der Waals surface area (Å²) in [4.78, 5) is 0. The molecule has 2 aromatic heterocycles. The summed E-state index contributed by atoms with van der Waals surface area (Å²) in [5.74, 6) is 2.63. The van der Waals surface area contributed by atoms with Crippen LogP contribution in [0.2, 0.25) is 0 Å². The molecule has 0 spiro atoms. The second kappa shape index (κ2) is 10.6. The highest BCUT2D eigenvalue weighted by Gasteiger charge is 2.17. The van der Waals surface area contributed by atoms with Crippen molar-refractivity contribution in [1.29, 1.82) is 0 Å². The minimum Gasteiger partial charge on any atom is -0.497 e. The van der Waals surface area contributed by atoms with Crippen molar-refractivity contribution in [2.24, 2.45) is 0 Å². The fourth-order valence-corrected chi connectivity index (χ4v) is 3.18. The Morgan fingerprint density at radius 1 is 0.625 bits per heavy atom. The molecule has 0 aliphatic heterocycles. The Kier molecular flexibility index (Phi) is 7.12. The Morgan fingerprint density at radius 3 is 1.66 bits per heavy atom. The molecule has 0 aliphatic carbocycles. The van der Waals surface area contributed by atoms with Gasteiger partial charge in [-0.3, -0.25) is 0 Å². The van der Waals surface area contributed by atoms with E-state index in [0.717, 1.165) is 35.7 Å². The molecule has 0 aliphatic rings. The molecule has 2 heterocycles. The monoisotopic (exact) mass is 434 g/mol. The van der Waals surface area contributed by atoms with Crippen molar-refractivity contribution in [3.63, 3.8) is 0 Å². The van der Waals surface area contributed by atoms with E-state index in [4.69, 9.17) is 18.3 Å². The lowest BCUT2D eigenvalue weighted by molar-refractivity contribution is 0.304. The lowest BCUT2D eigenvalue weighted by Gasteiger charge is -2.06. The number of hydrogen-bond acceptors (Lipinski definition) is 8. The van der Waals surface area contributed by atoms with Gasteiger partial charge in [0.15, 0.2) is 0 Å². The summed E-state index contributed by atoms with van der Waals surface area (Å²) < 4.78 is 22.4. The van der Waals surface area contributed by atoms with Crippen molar-refractivity contribution in [2.45, 2.75) is 39.0 Å². The van der Waals surface area contributed by atoms with E-state index in [9.17, 15) is 0 Å². The van der Waals surface area contributed by atoms with Crippen molar-refractivity contribution >= 4 is 0 Å². The quantitative estimate of drug-likeness (QED) is 0.273. The third-order valence-corrected chi connectivity index (χ3v) is 4.99. The molecule has 0 fully saturated rings. The molecular weight excluding hydrogens is 408 g/mol. The van der Waals surface area contributed by atoms with E-state index in [1.807, 2.05) is 48.5 Å². The van der Waals surface area contributed by atoms with E-state index >= 15 is 0 Å².